The van der Waals surface area contributed by atoms with Crippen molar-refractivity contribution in [3.8, 4) is 17.0 Å². The van der Waals surface area contributed by atoms with Crippen LogP contribution in [0.15, 0.2) is 66.9 Å². The van der Waals surface area contributed by atoms with Gasteiger partial charge in [0.05, 0.1) is 12.7 Å². The molecule has 0 spiro atoms. The molecule has 0 saturated carbocycles. The fourth-order valence-corrected chi connectivity index (χ4v) is 6.41. The first kappa shape index (κ1) is 22.1. The van der Waals surface area contributed by atoms with Crippen LogP contribution >= 0.6 is 0 Å². The van der Waals surface area contributed by atoms with Crippen LogP contribution in [0.1, 0.15) is 54.7 Å². The van der Waals surface area contributed by atoms with E-state index in [2.05, 4.69) is 41.4 Å². The Morgan fingerprint density at radius 2 is 1.63 bits per heavy atom. The molecular weight excluding hydrogens is 440 g/mol. The molecule has 6 heteroatoms. The van der Waals surface area contributed by atoms with Crippen molar-refractivity contribution < 1.29 is 19.4 Å². The fourth-order valence-electron chi connectivity index (χ4n) is 6.41. The smallest absolute Gasteiger partial charge is 0.410 e. The number of hydrogen-bond donors (Lipinski definition) is 1. The van der Waals surface area contributed by atoms with E-state index in [9.17, 15) is 9.90 Å². The number of nitrogens with zero attached hydrogens (tertiary/aromatic N) is 2. The number of fused-ring (bicyclic) bond motifs is 5. The number of amides is 1. The molecule has 3 aliphatic rings. The molecule has 1 aromatic heterocycles. The van der Waals surface area contributed by atoms with Gasteiger partial charge >= 0.3 is 6.09 Å². The number of methoxy groups -OCH3 is 1. The van der Waals surface area contributed by atoms with Gasteiger partial charge in [-0.3, -0.25) is 0 Å². The second-order valence-electron chi connectivity index (χ2n) is 9.98. The number of piperidine rings is 2. The van der Waals surface area contributed by atoms with E-state index in [0.717, 1.165) is 24.8 Å². The molecule has 2 bridgehead atoms. The average Bonchev–Trinajstić information content (AvgIpc) is 3.20. The number of carbonyl (C=O) groups excluding carboxylic acids is 1. The van der Waals surface area contributed by atoms with Gasteiger partial charge in [-0.2, -0.15) is 0 Å². The van der Waals surface area contributed by atoms with E-state index < -0.39 is 5.60 Å². The summed E-state index contributed by atoms with van der Waals surface area (Å²) in [5, 5.41) is 11.6. The lowest BCUT2D eigenvalue weighted by Crippen LogP contribution is -2.59. The molecule has 180 valence electrons. The summed E-state index contributed by atoms with van der Waals surface area (Å²) in [7, 11) is 1.58. The second kappa shape index (κ2) is 8.68. The van der Waals surface area contributed by atoms with Crippen molar-refractivity contribution in [2.75, 3.05) is 13.7 Å². The summed E-state index contributed by atoms with van der Waals surface area (Å²) in [6.45, 7) is 0.315. The summed E-state index contributed by atoms with van der Waals surface area (Å²) in [6, 6.07) is 20.3. The van der Waals surface area contributed by atoms with Gasteiger partial charge in [-0.1, -0.05) is 48.5 Å². The molecule has 1 N–H and O–H groups in total. The summed E-state index contributed by atoms with van der Waals surface area (Å²) >= 11 is 0. The zero-order valence-electron chi connectivity index (χ0n) is 19.9. The van der Waals surface area contributed by atoms with Crippen LogP contribution < -0.4 is 4.74 Å². The van der Waals surface area contributed by atoms with Gasteiger partial charge in [0, 0.05) is 48.7 Å². The minimum atomic E-state index is -1.00. The number of carbonyl (C=O) groups is 1. The molecule has 2 fully saturated rings. The predicted molar refractivity (Wildman–Crippen MR) is 132 cm³/mol. The maximum absolute atomic E-state index is 13.4. The third-order valence-corrected chi connectivity index (χ3v) is 8.04. The number of aliphatic hydroxyl groups is 1. The molecular formula is C29H30N2O4. The van der Waals surface area contributed by atoms with E-state index >= 15 is 0 Å². The molecule has 2 unspecified atom stereocenters. The molecule has 3 heterocycles. The van der Waals surface area contributed by atoms with E-state index in [4.69, 9.17) is 9.47 Å². The van der Waals surface area contributed by atoms with Gasteiger partial charge in [-0.15, -0.1) is 0 Å². The standard InChI is InChI=1S/C29H30N2O4/c1-34-27-14-13-19(17-30-27)29(33)15-20-7-6-8-21(16-29)31(20)28(32)35-18-26-24-11-4-2-9-22(24)23-10-3-5-12-25(23)26/h2-5,9-14,17,20-21,26,33H,6-8,15-16,18H2,1H3. The number of hydrogen-bond acceptors (Lipinski definition) is 5. The predicted octanol–water partition coefficient (Wildman–Crippen LogP) is 5.24. The fraction of sp³-hybridized carbons (Fsp3) is 0.379. The third kappa shape index (κ3) is 3.76. The van der Waals surface area contributed by atoms with Crippen LogP contribution in [0.4, 0.5) is 4.79 Å². The van der Waals surface area contributed by atoms with Crippen LogP contribution in [0.2, 0.25) is 0 Å². The number of pyridine rings is 1. The largest absolute Gasteiger partial charge is 0.481 e. The molecule has 2 atom stereocenters. The van der Waals surface area contributed by atoms with Crippen molar-refractivity contribution in [1.29, 1.82) is 0 Å². The van der Waals surface area contributed by atoms with E-state index in [1.54, 1.807) is 19.4 Å². The summed E-state index contributed by atoms with van der Waals surface area (Å²) in [5.74, 6) is 0.562. The van der Waals surface area contributed by atoms with Gasteiger partial charge in [0.25, 0.3) is 0 Å². The summed E-state index contributed by atoms with van der Waals surface area (Å²) in [6.07, 6.45) is 5.19. The monoisotopic (exact) mass is 470 g/mol. The zero-order chi connectivity index (χ0) is 24.0. The zero-order valence-corrected chi connectivity index (χ0v) is 19.9. The lowest BCUT2D eigenvalue weighted by atomic mass is 9.73. The van der Waals surface area contributed by atoms with E-state index in [1.807, 2.05) is 23.1 Å². The van der Waals surface area contributed by atoms with Crippen LogP contribution in [-0.2, 0) is 10.3 Å². The molecule has 6 rings (SSSR count). The van der Waals surface area contributed by atoms with E-state index in [0.29, 0.717) is 25.3 Å². The Morgan fingerprint density at radius 1 is 1.00 bits per heavy atom. The first-order chi connectivity index (χ1) is 17.1. The first-order valence-corrected chi connectivity index (χ1v) is 12.4. The number of benzene rings is 2. The van der Waals surface area contributed by atoms with E-state index in [-0.39, 0.29) is 24.1 Å². The van der Waals surface area contributed by atoms with Crippen molar-refractivity contribution in [2.24, 2.45) is 0 Å². The maximum atomic E-state index is 13.4. The molecule has 3 aromatic rings. The highest BCUT2D eigenvalue weighted by Crippen LogP contribution is 2.46. The van der Waals surface area contributed by atoms with Crippen LogP contribution in [-0.4, -0.2) is 46.9 Å². The Kier molecular flexibility index (Phi) is 5.49. The summed E-state index contributed by atoms with van der Waals surface area (Å²) in [4.78, 5) is 19.6. The van der Waals surface area contributed by atoms with Gasteiger partial charge < -0.3 is 19.5 Å². The topological polar surface area (TPSA) is 71.9 Å². The van der Waals surface area contributed by atoms with Gasteiger partial charge in [0.2, 0.25) is 5.88 Å². The maximum Gasteiger partial charge on any atom is 0.410 e. The van der Waals surface area contributed by atoms with Gasteiger partial charge in [-0.05, 0) is 47.6 Å². The van der Waals surface area contributed by atoms with Crippen LogP contribution in [0.25, 0.3) is 11.1 Å². The Labute approximate surface area is 205 Å². The Balaban J connectivity index is 1.19. The highest BCUT2D eigenvalue weighted by Gasteiger charge is 2.49. The van der Waals surface area contributed by atoms with Gasteiger partial charge in [0.15, 0.2) is 0 Å². The average molecular weight is 471 g/mol. The molecule has 1 aliphatic carbocycles. The lowest BCUT2D eigenvalue weighted by Gasteiger charge is -2.51. The minimum Gasteiger partial charge on any atom is -0.481 e. The van der Waals surface area contributed by atoms with Crippen LogP contribution in [0.5, 0.6) is 5.88 Å². The lowest BCUT2D eigenvalue weighted by molar-refractivity contribution is -0.0892. The SMILES string of the molecule is COc1ccc(C2(O)CC3CCCC(C2)N3C(=O)OCC2c3ccccc3-c3ccccc32)cn1. The molecule has 2 saturated heterocycles. The minimum absolute atomic E-state index is 0.0401. The van der Waals surface area contributed by atoms with Crippen molar-refractivity contribution in [2.45, 2.75) is 55.7 Å². The van der Waals surface area contributed by atoms with Crippen molar-refractivity contribution in [1.82, 2.24) is 9.88 Å². The molecule has 0 radical (unpaired) electrons. The highest BCUT2D eigenvalue weighted by atomic mass is 16.6. The van der Waals surface area contributed by atoms with E-state index in [1.165, 1.54) is 22.3 Å². The molecule has 35 heavy (non-hydrogen) atoms. The van der Waals surface area contributed by atoms with Crippen molar-refractivity contribution in [3.05, 3.63) is 83.6 Å². The van der Waals surface area contributed by atoms with Crippen LogP contribution in [0, 0.1) is 0 Å². The van der Waals surface area contributed by atoms with Crippen molar-refractivity contribution in [3.63, 3.8) is 0 Å². The summed E-state index contributed by atoms with van der Waals surface area (Å²) in [5.41, 5.74) is 4.63. The molecule has 6 nitrogen and oxygen atoms in total. The van der Waals surface area contributed by atoms with Crippen LogP contribution in [0.3, 0.4) is 0 Å². The number of aromatic nitrogens is 1. The highest BCUT2D eigenvalue weighted by molar-refractivity contribution is 5.79. The molecule has 2 aromatic carbocycles. The number of ether oxygens (including phenoxy) is 2. The normalized spacial score (nSPS) is 25.0. The number of rotatable bonds is 4. The quantitative estimate of drug-likeness (QED) is 0.564. The van der Waals surface area contributed by atoms with Gasteiger partial charge in [-0.25, -0.2) is 9.78 Å². The third-order valence-electron chi connectivity index (χ3n) is 8.04. The Morgan fingerprint density at radius 3 is 2.20 bits per heavy atom. The van der Waals surface area contributed by atoms with Crippen molar-refractivity contribution >= 4 is 6.09 Å². The van der Waals surface area contributed by atoms with Gasteiger partial charge in [0.1, 0.15) is 6.61 Å². The molecule has 1 amide bonds. The second-order valence-corrected chi connectivity index (χ2v) is 9.98. The molecule has 2 aliphatic heterocycles. The Hall–Kier alpha value is -3.38. The first-order valence-electron chi connectivity index (χ1n) is 12.4. The Bertz CT molecular complexity index is 1180. The summed E-state index contributed by atoms with van der Waals surface area (Å²) < 4.78 is 11.2.